The molecule has 0 bridgehead atoms. The van der Waals surface area contributed by atoms with Gasteiger partial charge in [0.1, 0.15) is 17.9 Å². The first-order valence-electron chi connectivity index (χ1n) is 10.4. The van der Waals surface area contributed by atoms with E-state index in [2.05, 4.69) is 38.4 Å². The minimum atomic E-state index is -0.685. The molecule has 0 radical (unpaired) electrons. The zero-order valence-corrected chi connectivity index (χ0v) is 19.7. The molecule has 0 saturated heterocycles. The largest absolute Gasteiger partial charge is 0.453 e. The van der Waals surface area contributed by atoms with Gasteiger partial charge >= 0.3 is 6.09 Å². The number of aromatic nitrogens is 2. The van der Waals surface area contributed by atoms with Gasteiger partial charge in [0.25, 0.3) is 0 Å². The molecule has 0 spiro atoms. The summed E-state index contributed by atoms with van der Waals surface area (Å²) >= 11 is 3.61. The highest BCUT2D eigenvalue weighted by atomic mass is 79.9. The minimum Gasteiger partial charge on any atom is -0.453 e. The van der Waals surface area contributed by atoms with Crippen molar-refractivity contribution >= 4 is 38.7 Å². The summed E-state index contributed by atoms with van der Waals surface area (Å²) in [4.78, 5) is 34.8. The van der Waals surface area contributed by atoms with Crippen LogP contribution in [0.2, 0.25) is 0 Å². The summed E-state index contributed by atoms with van der Waals surface area (Å²) in [5, 5.41) is 4.86. The van der Waals surface area contributed by atoms with E-state index in [9.17, 15) is 9.59 Å². The van der Waals surface area contributed by atoms with Gasteiger partial charge in [0.05, 0.1) is 12.8 Å². The minimum absolute atomic E-state index is 0.0934. The molecule has 2 N–H and O–H groups in total. The lowest BCUT2D eigenvalue weighted by Crippen LogP contribution is -2.51. The van der Waals surface area contributed by atoms with Gasteiger partial charge in [-0.15, -0.1) is 0 Å². The van der Waals surface area contributed by atoms with Crippen molar-refractivity contribution < 1.29 is 14.3 Å². The molecule has 2 atom stereocenters. The number of imidazole rings is 1. The SMILES string of the molecule is COC(=O)N[C@H](C(=O)N1CC=C[C@H]1c1nc(-c2cccc3c(Br)cccc23)c[nH]1)C(C)C. The Morgan fingerprint density at radius 2 is 1.97 bits per heavy atom. The number of aromatic amines is 1. The maximum Gasteiger partial charge on any atom is 0.407 e. The van der Waals surface area contributed by atoms with Crippen molar-refractivity contribution in [3.8, 4) is 11.3 Å². The third-order valence-electron chi connectivity index (χ3n) is 5.65. The summed E-state index contributed by atoms with van der Waals surface area (Å²) < 4.78 is 5.72. The summed E-state index contributed by atoms with van der Waals surface area (Å²) in [7, 11) is 1.29. The molecule has 1 aromatic heterocycles. The molecule has 2 amide bonds. The van der Waals surface area contributed by atoms with Crippen LogP contribution in [0.25, 0.3) is 22.0 Å². The molecule has 0 fully saturated rings. The first-order chi connectivity index (χ1) is 15.4. The van der Waals surface area contributed by atoms with Crippen molar-refractivity contribution in [3.05, 3.63) is 65.0 Å². The number of carbonyl (C=O) groups is 2. The lowest BCUT2D eigenvalue weighted by atomic mass is 10.0. The van der Waals surface area contributed by atoms with Crippen LogP contribution < -0.4 is 5.32 Å². The highest BCUT2D eigenvalue weighted by Gasteiger charge is 2.35. The van der Waals surface area contributed by atoms with Crippen molar-refractivity contribution in [3.63, 3.8) is 0 Å². The van der Waals surface area contributed by atoms with Crippen molar-refractivity contribution in [1.29, 1.82) is 0 Å². The summed E-state index contributed by atoms with van der Waals surface area (Å²) in [6.45, 7) is 4.23. The normalized spacial score (nSPS) is 16.5. The van der Waals surface area contributed by atoms with Crippen LogP contribution in [-0.4, -0.2) is 46.6 Å². The number of fused-ring (bicyclic) bond motifs is 1. The number of alkyl carbamates (subject to hydrolysis) is 1. The van der Waals surface area contributed by atoms with Gasteiger partial charge < -0.3 is 19.9 Å². The predicted octanol–water partition coefficient (Wildman–Crippen LogP) is 4.81. The van der Waals surface area contributed by atoms with Crippen molar-refractivity contribution in [2.45, 2.75) is 25.9 Å². The molecule has 166 valence electrons. The number of carbonyl (C=O) groups excluding carboxylic acids is 2. The van der Waals surface area contributed by atoms with Crippen LogP contribution in [0.5, 0.6) is 0 Å². The van der Waals surface area contributed by atoms with E-state index in [4.69, 9.17) is 9.72 Å². The molecule has 4 rings (SSSR count). The number of nitrogens with zero attached hydrogens (tertiary/aromatic N) is 2. The molecule has 0 unspecified atom stereocenters. The highest BCUT2D eigenvalue weighted by Crippen LogP contribution is 2.33. The lowest BCUT2D eigenvalue weighted by molar-refractivity contribution is -0.135. The maximum atomic E-state index is 13.3. The Bertz CT molecular complexity index is 1190. The Kier molecular flexibility index (Phi) is 6.32. The second-order valence-corrected chi connectivity index (χ2v) is 8.89. The number of halogens is 1. The number of nitrogens with one attached hydrogen (secondary N) is 2. The van der Waals surface area contributed by atoms with Crippen molar-refractivity contribution in [2.75, 3.05) is 13.7 Å². The molecule has 32 heavy (non-hydrogen) atoms. The average Bonchev–Trinajstić information content (AvgIpc) is 3.46. The average molecular weight is 497 g/mol. The molecule has 0 aliphatic carbocycles. The van der Waals surface area contributed by atoms with Crippen LogP contribution in [0, 0.1) is 5.92 Å². The van der Waals surface area contributed by atoms with Gasteiger partial charge in [0.2, 0.25) is 5.91 Å². The van der Waals surface area contributed by atoms with E-state index in [-0.39, 0.29) is 17.9 Å². The number of ether oxygens (including phenoxy) is 1. The van der Waals surface area contributed by atoms with Gasteiger partial charge in [-0.3, -0.25) is 4.79 Å². The van der Waals surface area contributed by atoms with Crippen LogP contribution in [0.1, 0.15) is 25.7 Å². The Hall–Kier alpha value is -3.13. The molecule has 3 aromatic rings. The Balaban J connectivity index is 1.63. The molecular weight excluding hydrogens is 472 g/mol. The van der Waals surface area contributed by atoms with Crippen LogP contribution >= 0.6 is 15.9 Å². The van der Waals surface area contributed by atoms with Gasteiger partial charge in [-0.2, -0.15) is 0 Å². The second kappa shape index (κ2) is 9.16. The number of H-pyrrole nitrogens is 1. The number of amides is 2. The van der Waals surface area contributed by atoms with Crippen LogP contribution in [0.15, 0.2) is 59.2 Å². The molecule has 7 nitrogen and oxygen atoms in total. The molecule has 1 aliphatic rings. The molecule has 0 saturated carbocycles. The molecule has 1 aliphatic heterocycles. The monoisotopic (exact) mass is 496 g/mol. The summed E-state index contributed by atoms with van der Waals surface area (Å²) in [6, 6.07) is 11.2. The Labute approximate surface area is 195 Å². The van der Waals surface area contributed by atoms with Gasteiger partial charge in [-0.25, -0.2) is 9.78 Å². The third kappa shape index (κ3) is 4.14. The predicted molar refractivity (Wildman–Crippen MR) is 127 cm³/mol. The van der Waals surface area contributed by atoms with E-state index in [1.165, 1.54) is 7.11 Å². The van der Waals surface area contributed by atoms with Crippen molar-refractivity contribution in [1.82, 2.24) is 20.2 Å². The van der Waals surface area contributed by atoms with Crippen molar-refractivity contribution in [2.24, 2.45) is 5.92 Å². The fourth-order valence-corrected chi connectivity index (χ4v) is 4.48. The van der Waals surface area contributed by atoms with E-state index in [0.717, 1.165) is 26.5 Å². The molecule has 2 aromatic carbocycles. The summed E-state index contributed by atoms with van der Waals surface area (Å²) in [6.07, 6.45) is 5.14. The highest BCUT2D eigenvalue weighted by molar-refractivity contribution is 9.10. The fraction of sp³-hybridized carbons (Fsp3) is 0.292. The molecule has 8 heteroatoms. The molecular formula is C24H25BrN4O3. The van der Waals surface area contributed by atoms with Crippen LogP contribution in [-0.2, 0) is 9.53 Å². The van der Waals surface area contributed by atoms with E-state index in [0.29, 0.717) is 12.4 Å². The van der Waals surface area contributed by atoms with E-state index in [1.54, 1.807) is 4.90 Å². The Morgan fingerprint density at radius 1 is 1.22 bits per heavy atom. The van der Waals surface area contributed by atoms with Gasteiger partial charge in [-0.05, 0) is 22.8 Å². The first-order valence-corrected chi connectivity index (χ1v) is 11.2. The summed E-state index contributed by atoms with van der Waals surface area (Å²) in [5.41, 5.74) is 1.82. The number of rotatable bonds is 5. The zero-order chi connectivity index (χ0) is 22.8. The lowest BCUT2D eigenvalue weighted by Gasteiger charge is -2.29. The molecule has 2 heterocycles. The van der Waals surface area contributed by atoms with E-state index >= 15 is 0 Å². The van der Waals surface area contributed by atoms with Crippen LogP contribution in [0.4, 0.5) is 4.79 Å². The third-order valence-corrected chi connectivity index (χ3v) is 6.34. The quantitative estimate of drug-likeness (QED) is 0.496. The van der Waals surface area contributed by atoms with E-state index < -0.39 is 12.1 Å². The van der Waals surface area contributed by atoms with Gasteiger partial charge in [-0.1, -0.05) is 72.3 Å². The van der Waals surface area contributed by atoms with Crippen LogP contribution in [0.3, 0.4) is 0 Å². The maximum absolute atomic E-state index is 13.3. The number of benzene rings is 2. The van der Waals surface area contributed by atoms with E-state index in [1.807, 2.05) is 56.5 Å². The fourth-order valence-electron chi connectivity index (χ4n) is 3.99. The standard InChI is InChI=1S/C24H25BrN4O3/c1-14(2)21(28-24(31)32-3)23(30)29-12-6-11-20(29)22-26-13-19(27-22)17-9-4-8-16-15(17)7-5-10-18(16)25/h4-11,13-14,20-21H,12H2,1-3H3,(H,26,27)(H,28,31)/t20-,21-/m0/s1. The number of hydrogen-bond acceptors (Lipinski definition) is 4. The first kappa shape index (κ1) is 22.1. The zero-order valence-electron chi connectivity index (χ0n) is 18.1. The topological polar surface area (TPSA) is 87.3 Å². The Morgan fingerprint density at radius 3 is 2.72 bits per heavy atom. The van der Waals surface area contributed by atoms with Gasteiger partial charge in [0.15, 0.2) is 0 Å². The van der Waals surface area contributed by atoms with Gasteiger partial charge in [0, 0.05) is 22.8 Å². The second-order valence-electron chi connectivity index (χ2n) is 8.03. The summed E-state index contributed by atoms with van der Waals surface area (Å²) in [5.74, 6) is 0.409. The number of hydrogen-bond donors (Lipinski definition) is 2. The smallest absolute Gasteiger partial charge is 0.407 e. The number of methoxy groups -OCH3 is 1.